The van der Waals surface area contributed by atoms with Crippen molar-refractivity contribution in [2.45, 2.75) is 51.2 Å². The molecule has 3 aliphatic carbocycles. The van der Waals surface area contributed by atoms with Gasteiger partial charge in [0.15, 0.2) is 0 Å². The van der Waals surface area contributed by atoms with E-state index in [4.69, 9.17) is 9.31 Å². The lowest BCUT2D eigenvalue weighted by Crippen LogP contribution is -2.41. The van der Waals surface area contributed by atoms with Crippen molar-refractivity contribution in [2.75, 3.05) is 0 Å². The Balaban J connectivity index is 1.48. The Morgan fingerprint density at radius 1 is 0.974 bits per heavy atom. The van der Waals surface area contributed by atoms with E-state index in [0.29, 0.717) is 0 Å². The SMILES string of the molecule is C=C/C=C(\C=C)P(c1ccccc1)c1ccc2c3c1C=CC1=CC=C(B4OC(C)(C)C(C)(C)O4)C(=CC2)C13. The van der Waals surface area contributed by atoms with Crippen molar-refractivity contribution in [1.29, 1.82) is 0 Å². The van der Waals surface area contributed by atoms with Gasteiger partial charge < -0.3 is 9.31 Å². The Morgan fingerprint density at radius 3 is 2.39 bits per heavy atom. The van der Waals surface area contributed by atoms with Crippen LogP contribution in [0.5, 0.6) is 0 Å². The number of benzene rings is 2. The highest BCUT2D eigenvalue weighted by Crippen LogP contribution is 2.53. The van der Waals surface area contributed by atoms with Gasteiger partial charge in [-0.15, -0.1) is 0 Å². The van der Waals surface area contributed by atoms with Gasteiger partial charge in [-0.3, -0.25) is 0 Å². The van der Waals surface area contributed by atoms with Crippen LogP contribution in [-0.4, -0.2) is 18.3 Å². The molecular formula is C34H34BO2P. The first kappa shape index (κ1) is 25.3. The molecule has 2 aromatic carbocycles. The Hall–Kier alpha value is -2.97. The second-order valence-electron chi connectivity index (χ2n) is 11.3. The summed E-state index contributed by atoms with van der Waals surface area (Å²) in [7, 11) is -1.16. The molecule has 190 valence electrons. The molecule has 0 aromatic heterocycles. The van der Waals surface area contributed by atoms with Crippen LogP contribution in [0.1, 0.15) is 50.3 Å². The minimum absolute atomic E-state index is 0.195. The van der Waals surface area contributed by atoms with Crippen molar-refractivity contribution in [2.24, 2.45) is 0 Å². The summed E-state index contributed by atoms with van der Waals surface area (Å²) < 4.78 is 13.0. The molecular weight excluding hydrogens is 482 g/mol. The fraction of sp³-hybridized carbons (Fsp3) is 0.235. The number of hydrogen-bond donors (Lipinski definition) is 0. The Labute approximate surface area is 228 Å². The molecule has 1 aliphatic heterocycles. The molecule has 2 nitrogen and oxygen atoms in total. The monoisotopic (exact) mass is 516 g/mol. The fourth-order valence-electron chi connectivity index (χ4n) is 5.94. The topological polar surface area (TPSA) is 18.5 Å². The van der Waals surface area contributed by atoms with Crippen molar-refractivity contribution in [3.63, 3.8) is 0 Å². The summed E-state index contributed by atoms with van der Waals surface area (Å²) in [4.78, 5) is 0. The van der Waals surface area contributed by atoms with E-state index in [-0.39, 0.29) is 24.2 Å². The molecule has 6 rings (SSSR count). The maximum absolute atomic E-state index is 6.51. The van der Waals surface area contributed by atoms with Crippen LogP contribution in [0.15, 0.2) is 120 Å². The van der Waals surface area contributed by atoms with Gasteiger partial charge in [-0.25, -0.2) is 0 Å². The molecule has 2 aromatic rings. The van der Waals surface area contributed by atoms with Crippen molar-refractivity contribution in [1.82, 2.24) is 0 Å². The van der Waals surface area contributed by atoms with Crippen LogP contribution in [0.2, 0.25) is 0 Å². The van der Waals surface area contributed by atoms with E-state index in [0.717, 1.165) is 11.9 Å². The lowest BCUT2D eigenvalue weighted by atomic mass is 9.61. The third-order valence-corrected chi connectivity index (χ3v) is 11.1. The summed E-state index contributed by atoms with van der Waals surface area (Å²) in [6, 6.07) is 15.5. The van der Waals surface area contributed by atoms with Crippen LogP contribution in [0.4, 0.5) is 0 Å². The second kappa shape index (κ2) is 9.35. The fourth-order valence-corrected chi connectivity index (χ4v) is 8.36. The van der Waals surface area contributed by atoms with E-state index in [1.54, 1.807) is 0 Å². The van der Waals surface area contributed by atoms with Gasteiger partial charge in [0.2, 0.25) is 0 Å². The molecule has 0 radical (unpaired) electrons. The summed E-state index contributed by atoms with van der Waals surface area (Å²) in [5, 5.41) is 3.89. The van der Waals surface area contributed by atoms with E-state index in [9.17, 15) is 0 Å². The third-order valence-electron chi connectivity index (χ3n) is 8.58. The average molecular weight is 516 g/mol. The molecule has 1 fully saturated rings. The molecule has 0 N–H and O–H groups in total. The van der Waals surface area contributed by atoms with Gasteiger partial charge in [-0.2, -0.15) is 0 Å². The van der Waals surface area contributed by atoms with Gasteiger partial charge in [0.1, 0.15) is 0 Å². The van der Waals surface area contributed by atoms with E-state index in [2.05, 4.69) is 120 Å². The minimum Gasteiger partial charge on any atom is -0.399 e. The van der Waals surface area contributed by atoms with Crippen molar-refractivity contribution in [3.8, 4) is 0 Å². The summed E-state index contributed by atoms with van der Waals surface area (Å²) in [6.07, 6.45) is 18.4. The van der Waals surface area contributed by atoms with Crippen LogP contribution in [-0.2, 0) is 15.7 Å². The Bertz CT molecular complexity index is 1470. The molecule has 1 saturated heterocycles. The zero-order valence-corrected chi connectivity index (χ0v) is 23.6. The average Bonchev–Trinajstić information content (AvgIpc) is 3.14. The number of rotatable bonds is 6. The van der Waals surface area contributed by atoms with Gasteiger partial charge in [0, 0.05) is 5.92 Å². The lowest BCUT2D eigenvalue weighted by molar-refractivity contribution is 0.00578. The van der Waals surface area contributed by atoms with Crippen molar-refractivity contribution >= 4 is 31.7 Å². The quantitative estimate of drug-likeness (QED) is 0.225. The predicted octanol–water partition coefficient (Wildman–Crippen LogP) is 7.47. The summed E-state index contributed by atoms with van der Waals surface area (Å²) in [6.45, 7) is 16.6. The Morgan fingerprint density at radius 2 is 1.71 bits per heavy atom. The first-order valence-electron chi connectivity index (χ1n) is 13.4. The molecule has 0 amide bonds. The van der Waals surface area contributed by atoms with Gasteiger partial charge >= 0.3 is 7.12 Å². The molecule has 38 heavy (non-hydrogen) atoms. The van der Waals surface area contributed by atoms with Gasteiger partial charge in [0.05, 0.1) is 11.2 Å². The van der Waals surface area contributed by atoms with E-state index in [1.165, 1.54) is 43.8 Å². The van der Waals surface area contributed by atoms with Crippen LogP contribution >= 0.6 is 7.92 Å². The summed E-state index contributed by atoms with van der Waals surface area (Å²) >= 11 is 0. The van der Waals surface area contributed by atoms with Gasteiger partial charge in [-0.1, -0.05) is 104 Å². The van der Waals surface area contributed by atoms with Crippen LogP contribution in [0.25, 0.3) is 6.08 Å². The molecule has 0 bridgehead atoms. The largest absolute Gasteiger partial charge is 0.495 e. The number of hydrogen-bond acceptors (Lipinski definition) is 2. The normalized spacial score (nSPS) is 23.2. The van der Waals surface area contributed by atoms with Crippen LogP contribution in [0, 0.1) is 0 Å². The highest BCUT2D eigenvalue weighted by atomic mass is 31.1. The predicted molar refractivity (Wildman–Crippen MR) is 163 cm³/mol. The van der Waals surface area contributed by atoms with E-state index in [1.807, 2.05) is 12.2 Å². The molecule has 2 atom stereocenters. The van der Waals surface area contributed by atoms with Crippen molar-refractivity contribution < 1.29 is 9.31 Å². The van der Waals surface area contributed by atoms with Crippen LogP contribution < -0.4 is 10.6 Å². The summed E-state index contributed by atoms with van der Waals surface area (Å²) in [5.74, 6) is 0.195. The molecule has 0 spiro atoms. The van der Waals surface area contributed by atoms with Crippen molar-refractivity contribution in [3.05, 3.63) is 137 Å². The second-order valence-corrected chi connectivity index (χ2v) is 13.5. The standard InChI is InChI=1S/C34H34BO2P/c1-7-12-25(8-2)38(26-13-10-9-11-14-26)30-22-18-24-15-19-27-29(35-36-33(3,4)34(5,6)37-35)21-17-23-16-20-28(30)32(24)31(23)27/h7-14,16-22,31H,1-2,15H2,3-6H3/b25-12+. The molecule has 0 saturated carbocycles. The van der Waals surface area contributed by atoms with E-state index >= 15 is 0 Å². The maximum atomic E-state index is 6.51. The molecule has 4 aliphatic rings. The lowest BCUT2D eigenvalue weighted by Gasteiger charge is -2.37. The summed E-state index contributed by atoms with van der Waals surface area (Å²) in [5.41, 5.74) is 7.24. The Kier molecular flexibility index (Phi) is 6.23. The van der Waals surface area contributed by atoms with E-state index < -0.39 is 7.92 Å². The van der Waals surface area contributed by atoms with Gasteiger partial charge in [0.25, 0.3) is 0 Å². The number of allylic oxidation sites excluding steroid dienone is 11. The maximum Gasteiger partial charge on any atom is 0.495 e. The molecule has 4 heteroatoms. The highest BCUT2D eigenvalue weighted by molar-refractivity contribution is 7.77. The van der Waals surface area contributed by atoms with Crippen LogP contribution in [0.3, 0.4) is 0 Å². The zero-order chi connectivity index (χ0) is 26.7. The molecule has 2 unspecified atom stereocenters. The third kappa shape index (κ3) is 3.92. The minimum atomic E-state index is -0.790. The van der Waals surface area contributed by atoms with Gasteiger partial charge in [-0.05, 0) is 91.3 Å². The molecule has 1 heterocycles. The smallest absolute Gasteiger partial charge is 0.399 e. The zero-order valence-electron chi connectivity index (χ0n) is 22.7. The first-order chi connectivity index (χ1) is 18.3. The first-order valence-corrected chi connectivity index (χ1v) is 14.7. The highest BCUT2D eigenvalue weighted by Gasteiger charge is 2.54.